The summed E-state index contributed by atoms with van der Waals surface area (Å²) in [6, 6.07) is 15.0. The summed E-state index contributed by atoms with van der Waals surface area (Å²) in [5.41, 5.74) is 7.27. The predicted octanol–water partition coefficient (Wildman–Crippen LogP) is 3.53. The van der Waals surface area contributed by atoms with Crippen LogP contribution in [-0.4, -0.2) is 11.8 Å². The molecule has 0 fully saturated rings. The van der Waals surface area contributed by atoms with Crippen LogP contribution in [0.4, 0.5) is 0 Å². The molecule has 0 spiro atoms. The van der Waals surface area contributed by atoms with Crippen molar-refractivity contribution in [1.29, 1.82) is 0 Å². The molecule has 0 amide bonds. The molecule has 0 atom stereocenters. The lowest BCUT2D eigenvalue weighted by molar-refractivity contribution is 0.00505. The Labute approximate surface area is 128 Å². The minimum absolute atomic E-state index is 0.150. The SMILES string of the molecule is NC(=S)c1ccc(OCOCc2ccccc2)cc1Cl. The lowest BCUT2D eigenvalue weighted by atomic mass is 10.2. The zero-order valence-electron chi connectivity index (χ0n) is 10.7. The second kappa shape index (κ2) is 7.24. The Hall–Kier alpha value is -1.62. The molecule has 0 saturated heterocycles. The van der Waals surface area contributed by atoms with Crippen LogP contribution in [0, 0.1) is 0 Å². The maximum Gasteiger partial charge on any atom is 0.189 e. The van der Waals surface area contributed by atoms with Gasteiger partial charge in [-0.25, -0.2) is 0 Å². The van der Waals surface area contributed by atoms with Crippen molar-refractivity contribution < 1.29 is 9.47 Å². The fraction of sp³-hybridized carbons (Fsp3) is 0.133. The Morgan fingerprint density at radius 1 is 1.15 bits per heavy atom. The Morgan fingerprint density at radius 3 is 2.55 bits per heavy atom. The number of rotatable bonds is 6. The first-order valence-corrected chi connectivity index (χ1v) is 6.79. The number of ether oxygens (including phenoxy) is 2. The Bertz CT molecular complexity index is 590. The van der Waals surface area contributed by atoms with Crippen LogP contribution in [0.25, 0.3) is 0 Å². The summed E-state index contributed by atoms with van der Waals surface area (Å²) in [4.78, 5) is 0.266. The van der Waals surface area contributed by atoms with Crippen molar-refractivity contribution in [2.24, 2.45) is 5.73 Å². The topological polar surface area (TPSA) is 44.5 Å². The third-order valence-corrected chi connectivity index (χ3v) is 3.16. The Kier molecular flexibility index (Phi) is 5.35. The van der Waals surface area contributed by atoms with Gasteiger partial charge in [0.05, 0.1) is 11.6 Å². The first kappa shape index (κ1) is 14.8. The van der Waals surface area contributed by atoms with E-state index in [1.807, 2.05) is 30.3 Å². The van der Waals surface area contributed by atoms with Crippen molar-refractivity contribution in [3.05, 3.63) is 64.7 Å². The normalized spacial score (nSPS) is 10.2. The highest BCUT2D eigenvalue weighted by molar-refractivity contribution is 7.80. The van der Waals surface area contributed by atoms with Crippen LogP contribution in [-0.2, 0) is 11.3 Å². The smallest absolute Gasteiger partial charge is 0.189 e. The standard InChI is InChI=1S/C15H14ClNO2S/c16-14-8-12(6-7-13(14)15(17)20)19-10-18-9-11-4-2-1-3-5-11/h1-8H,9-10H2,(H2,17,20). The average molecular weight is 308 g/mol. The van der Waals surface area contributed by atoms with Gasteiger partial charge in [0.2, 0.25) is 0 Å². The molecule has 20 heavy (non-hydrogen) atoms. The summed E-state index contributed by atoms with van der Waals surface area (Å²) in [6.07, 6.45) is 0. The second-order valence-electron chi connectivity index (χ2n) is 4.10. The lowest BCUT2D eigenvalue weighted by Crippen LogP contribution is -2.10. The predicted molar refractivity (Wildman–Crippen MR) is 84.1 cm³/mol. The molecule has 3 nitrogen and oxygen atoms in total. The van der Waals surface area contributed by atoms with Gasteiger partial charge < -0.3 is 15.2 Å². The van der Waals surface area contributed by atoms with Crippen molar-refractivity contribution in [3.8, 4) is 5.75 Å². The van der Waals surface area contributed by atoms with Gasteiger partial charge >= 0.3 is 0 Å². The zero-order chi connectivity index (χ0) is 14.4. The highest BCUT2D eigenvalue weighted by atomic mass is 35.5. The quantitative estimate of drug-likeness (QED) is 0.504. The van der Waals surface area contributed by atoms with Gasteiger partial charge in [-0.2, -0.15) is 0 Å². The van der Waals surface area contributed by atoms with E-state index in [0.29, 0.717) is 22.9 Å². The van der Waals surface area contributed by atoms with E-state index in [-0.39, 0.29) is 11.8 Å². The van der Waals surface area contributed by atoms with Crippen molar-refractivity contribution in [3.63, 3.8) is 0 Å². The van der Waals surface area contributed by atoms with Crippen LogP contribution in [0.1, 0.15) is 11.1 Å². The molecule has 2 N–H and O–H groups in total. The van der Waals surface area contributed by atoms with Crippen molar-refractivity contribution in [2.45, 2.75) is 6.61 Å². The van der Waals surface area contributed by atoms with E-state index in [1.54, 1.807) is 18.2 Å². The first-order chi connectivity index (χ1) is 9.66. The van der Waals surface area contributed by atoms with Crippen molar-refractivity contribution >= 4 is 28.8 Å². The van der Waals surface area contributed by atoms with Crippen LogP contribution in [0.5, 0.6) is 5.75 Å². The fourth-order valence-corrected chi connectivity index (χ4v) is 2.14. The minimum atomic E-state index is 0.150. The molecular weight excluding hydrogens is 294 g/mol. The highest BCUT2D eigenvalue weighted by Gasteiger charge is 2.05. The molecule has 0 saturated carbocycles. The molecule has 0 heterocycles. The third-order valence-electron chi connectivity index (χ3n) is 2.63. The van der Waals surface area contributed by atoms with E-state index in [2.05, 4.69) is 0 Å². The van der Waals surface area contributed by atoms with E-state index < -0.39 is 0 Å². The molecule has 0 bridgehead atoms. The monoisotopic (exact) mass is 307 g/mol. The fourth-order valence-electron chi connectivity index (χ4n) is 1.63. The first-order valence-electron chi connectivity index (χ1n) is 6.00. The summed E-state index contributed by atoms with van der Waals surface area (Å²) in [6.45, 7) is 0.650. The number of halogens is 1. The van der Waals surface area contributed by atoms with Gasteiger partial charge in [0.15, 0.2) is 6.79 Å². The number of hydrogen-bond donors (Lipinski definition) is 1. The molecule has 2 rings (SSSR count). The van der Waals surface area contributed by atoms with Gasteiger partial charge in [-0.3, -0.25) is 0 Å². The summed E-state index contributed by atoms with van der Waals surface area (Å²) >= 11 is 10.9. The maximum absolute atomic E-state index is 6.04. The van der Waals surface area contributed by atoms with Gasteiger partial charge in [-0.1, -0.05) is 54.2 Å². The largest absolute Gasteiger partial charge is 0.467 e. The van der Waals surface area contributed by atoms with Crippen LogP contribution in [0.2, 0.25) is 5.02 Å². The summed E-state index contributed by atoms with van der Waals surface area (Å²) in [5.74, 6) is 0.614. The number of hydrogen-bond acceptors (Lipinski definition) is 3. The Morgan fingerprint density at radius 2 is 1.90 bits per heavy atom. The number of thiocarbonyl (C=S) groups is 1. The molecule has 0 aliphatic carbocycles. The van der Waals surface area contributed by atoms with Crippen molar-refractivity contribution in [1.82, 2.24) is 0 Å². The van der Waals surface area contributed by atoms with E-state index in [1.165, 1.54) is 0 Å². The van der Waals surface area contributed by atoms with E-state index >= 15 is 0 Å². The molecule has 0 aliphatic heterocycles. The average Bonchev–Trinajstić information content (AvgIpc) is 2.44. The van der Waals surface area contributed by atoms with E-state index in [0.717, 1.165) is 5.56 Å². The van der Waals surface area contributed by atoms with Gasteiger partial charge in [0, 0.05) is 5.56 Å². The summed E-state index contributed by atoms with van der Waals surface area (Å²) in [5, 5.41) is 0.470. The molecule has 2 aromatic rings. The van der Waals surface area contributed by atoms with Crippen LogP contribution >= 0.6 is 23.8 Å². The third kappa shape index (κ3) is 4.20. The van der Waals surface area contributed by atoms with Crippen molar-refractivity contribution in [2.75, 3.05) is 6.79 Å². The van der Waals surface area contributed by atoms with Gasteiger partial charge in [0.25, 0.3) is 0 Å². The van der Waals surface area contributed by atoms with Gasteiger partial charge in [-0.15, -0.1) is 0 Å². The van der Waals surface area contributed by atoms with Crippen LogP contribution in [0.15, 0.2) is 48.5 Å². The summed E-state index contributed by atoms with van der Waals surface area (Å²) in [7, 11) is 0. The van der Waals surface area contributed by atoms with E-state index in [4.69, 9.17) is 39.0 Å². The number of nitrogens with two attached hydrogens (primary N) is 1. The molecule has 5 heteroatoms. The number of benzene rings is 2. The van der Waals surface area contributed by atoms with Gasteiger partial charge in [0.1, 0.15) is 10.7 Å². The summed E-state index contributed by atoms with van der Waals surface area (Å²) < 4.78 is 10.9. The zero-order valence-corrected chi connectivity index (χ0v) is 12.3. The van der Waals surface area contributed by atoms with Crippen LogP contribution in [0.3, 0.4) is 0 Å². The lowest BCUT2D eigenvalue weighted by Gasteiger charge is -2.09. The molecule has 0 aliphatic rings. The molecule has 0 unspecified atom stereocenters. The minimum Gasteiger partial charge on any atom is -0.467 e. The Balaban J connectivity index is 1.83. The van der Waals surface area contributed by atoms with E-state index in [9.17, 15) is 0 Å². The highest BCUT2D eigenvalue weighted by Crippen LogP contribution is 2.22. The molecule has 0 aromatic heterocycles. The molecular formula is C15H14ClNO2S. The second-order valence-corrected chi connectivity index (χ2v) is 4.95. The molecule has 2 aromatic carbocycles. The maximum atomic E-state index is 6.04. The van der Waals surface area contributed by atoms with Crippen LogP contribution < -0.4 is 10.5 Å². The van der Waals surface area contributed by atoms with Gasteiger partial charge in [-0.05, 0) is 23.8 Å². The molecule has 104 valence electrons. The molecule has 0 radical (unpaired) electrons.